The molecule has 0 fully saturated rings. The van der Waals surface area contributed by atoms with Crippen molar-refractivity contribution in [1.29, 1.82) is 0 Å². The van der Waals surface area contributed by atoms with Crippen molar-refractivity contribution in [3.63, 3.8) is 0 Å². The molecule has 0 saturated heterocycles. The van der Waals surface area contributed by atoms with Gasteiger partial charge in [0.25, 0.3) is 5.69 Å². The van der Waals surface area contributed by atoms with Crippen molar-refractivity contribution in [3.05, 3.63) is 68.0 Å². The van der Waals surface area contributed by atoms with E-state index in [2.05, 4.69) is 31.4 Å². The Labute approximate surface area is 161 Å². The fraction of sp³-hybridized carbons (Fsp3) is 0.0588. The van der Waals surface area contributed by atoms with E-state index in [4.69, 9.17) is 4.74 Å². The predicted molar refractivity (Wildman–Crippen MR) is 106 cm³/mol. The van der Waals surface area contributed by atoms with E-state index >= 15 is 0 Å². The molecular weight excluding hydrogens is 420 g/mol. The summed E-state index contributed by atoms with van der Waals surface area (Å²) in [7, 11) is 1.60. The molecule has 0 atom stereocenters. The minimum absolute atomic E-state index is 0.0508. The van der Waals surface area contributed by atoms with Crippen LogP contribution in [0, 0.1) is 10.1 Å². The zero-order chi connectivity index (χ0) is 18.5. The van der Waals surface area contributed by atoms with Gasteiger partial charge in [-0.3, -0.25) is 15.5 Å². The summed E-state index contributed by atoms with van der Waals surface area (Å²) in [6, 6.07) is 11.9. The van der Waals surface area contributed by atoms with Gasteiger partial charge in [0.15, 0.2) is 0 Å². The molecule has 3 rings (SSSR count). The normalized spacial score (nSPS) is 10.8. The van der Waals surface area contributed by atoms with Crippen molar-refractivity contribution >= 4 is 44.3 Å². The summed E-state index contributed by atoms with van der Waals surface area (Å²) in [6.07, 6.45) is 1.65. The zero-order valence-corrected chi connectivity index (χ0v) is 16.0. The van der Waals surface area contributed by atoms with E-state index in [-0.39, 0.29) is 5.69 Å². The highest BCUT2D eigenvalue weighted by Crippen LogP contribution is 2.26. The number of halogens is 1. The molecule has 0 unspecified atom stereocenters. The van der Waals surface area contributed by atoms with Crippen LogP contribution in [0.1, 0.15) is 5.56 Å². The van der Waals surface area contributed by atoms with Gasteiger partial charge in [0.2, 0.25) is 5.13 Å². The van der Waals surface area contributed by atoms with E-state index in [1.807, 2.05) is 23.6 Å². The number of anilines is 1. The predicted octanol–water partition coefficient (Wildman–Crippen LogP) is 4.94. The molecule has 0 saturated carbocycles. The number of methoxy groups -OCH3 is 1. The molecule has 3 aromatic rings. The van der Waals surface area contributed by atoms with Crippen molar-refractivity contribution < 1.29 is 9.66 Å². The molecule has 1 aromatic heterocycles. The Morgan fingerprint density at radius 3 is 2.77 bits per heavy atom. The third kappa shape index (κ3) is 4.24. The number of rotatable bonds is 6. The largest absolute Gasteiger partial charge is 0.496 e. The number of thiazole rings is 1. The molecule has 7 nitrogen and oxygen atoms in total. The van der Waals surface area contributed by atoms with Gasteiger partial charge in [-0.2, -0.15) is 5.10 Å². The first-order valence-corrected chi connectivity index (χ1v) is 9.07. The van der Waals surface area contributed by atoms with Crippen LogP contribution >= 0.6 is 27.3 Å². The number of hydrazone groups is 1. The summed E-state index contributed by atoms with van der Waals surface area (Å²) < 4.78 is 6.22. The highest BCUT2D eigenvalue weighted by Gasteiger charge is 2.08. The molecule has 9 heteroatoms. The van der Waals surface area contributed by atoms with Crippen LogP contribution in [0.4, 0.5) is 10.8 Å². The minimum Gasteiger partial charge on any atom is -0.496 e. The Bertz CT molecular complexity index is 957. The molecule has 0 radical (unpaired) electrons. The zero-order valence-electron chi connectivity index (χ0n) is 13.5. The number of nitro groups is 1. The first-order valence-electron chi connectivity index (χ1n) is 7.40. The number of nitro benzene ring substituents is 1. The molecule has 2 aromatic carbocycles. The van der Waals surface area contributed by atoms with Crippen molar-refractivity contribution in [2.75, 3.05) is 12.5 Å². The van der Waals surface area contributed by atoms with E-state index in [9.17, 15) is 10.1 Å². The third-order valence-corrected chi connectivity index (χ3v) is 4.67. The number of hydrogen-bond donors (Lipinski definition) is 1. The molecule has 0 bridgehead atoms. The summed E-state index contributed by atoms with van der Waals surface area (Å²) in [5.41, 5.74) is 5.28. The molecule has 1 N–H and O–H groups in total. The maximum Gasteiger partial charge on any atom is 0.269 e. The Kier molecular flexibility index (Phi) is 5.59. The molecular formula is C17H13BrN4O3S. The summed E-state index contributed by atoms with van der Waals surface area (Å²) in [6.45, 7) is 0. The summed E-state index contributed by atoms with van der Waals surface area (Å²) in [4.78, 5) is 14.7. The lowest BCUT2D eigenvalue weighted by Crippen LogP contribution is -1.94. The van der Waals surface area contributed by atoms with Crippen LogP contribution in [-0.4, -0.2) is 23.2 Å². The first kappa shape index (κ1) is 18.0. The lowest BCUT2D eigenvalue weighted by Gasteiger charge is -2.04. The second-order valence-corrected chi connectivity index (χ2v) is 6.87. The van der Waals surface area contributed by atoms with Crippen LogP contribution in [0.25, 0.3) is 11.3 Å². The van der Waals surface area contributed by atoms with Gasteiger partial charge >= 0.3 is 0 Å². The van der Waals surface area contributed by atoms with Crippen LogP contribution in [0.2, 0.25) is 0 Å². The quantitative estimate of drug-likeness (QED) is 0.338. The van der Waals surface area contributed by atoms with Crippen LogP contribution in [0.15, 0.2) is 57.4 Å². The number of ether oxygens (including phenoxy) is 1. The summed E-state index contributed by atoms with van der Waals surface area (Å²) >= 11 is 4.81. The second kappa shape index (κ2) is 8.07. The molecule has 0 amide bonds. The SMILES string of the molecule is COc1ccc(Br)cc1/C=N/Nc1nc(-c2ccc([N+](=O)[O-])cc2)cs1. The highest BCUT2D eigenvalue weighted by atomic mass is 79.9. The molecule has 26 heavy (non-hydrogen) atoms. The van der Waals surface area contributed by atoms with Crippen LogP contribution in [0.5, 0.6) is 5.75 Å². The number of benzene rings is 2. The van der Waals surface area contributed by atoms with E-state index in [1.54, 1.807) is 25.5 Å². The standard InChI is InChI=1S/C17H13BrN4O3S/c1-25-16-7-4-13(18)8-12(16)9-19-21-17-20-15(10-26-17)11-2-5-14(6-3-11)22(23)24/h2-10H,1H3,(H,20,21)/b19-9+. The first-order chi connectivity index (χ1) is 12.6. The topological polar surface area (TPSA) is 89.7 Å². The maximum atomic E-state index is 10.7. The number of nitrogens with one attached hydrogen (secondary N) is 1. The highest BCUT2D eigenvalue weighted by molar-refractivity contribution is 9.10. The molecule has 0 spiro atoms. The summed E-state index contributed by atoms with van der Waals surface area (Å²) in [5, 5.41) is 17.4. The lowest BCUT2D eigenvalue weighted by atomic mass is 10.1. The molecule has 132 valence electrons. The van der Waals surface area contributed by atoms with Gasteiger partial charge in [-0.05, 0) is 30.3 Å². The molecule has 1 heterocycles. The van der Waals surface area contributed by atoms with Gasteiger partial charge in [0, 0.05) is 33.1 Å². The average molecular weight is 433 g/mol. The van der Waals surface area contributed by atoms with Crippen LogP contribution in [-0.2, 0) is 0 Å². The van der Waals surface area contributed by atoms with Gasteiger partial charge in [-0.25, -0.2) is 4.98 Å². The second-order valence-electron chi connectivity index (χ2n) is 5.10. The number of non-ortho nitro benzene ring substituents is 1. The number of hydrogen-bond acceptors (Lipinski definition) is 7. The van der Waals surface area contributed by atoms with E-state index in [1.165, 1.54) is 23.5 Å². The van der Waals surface area contributed by atoms with Gasteiger partial charge in [-0.15, -0.1) is 11.3 Å². The van der Waals surface area contributed by atoms with Gasteiger partial charge in [0.1, 0.15) is 5.75 Å². The molecule has 0 aliphatic rings. The van der Waals surface area contributed by atoms with Crippen LogP contribution in [0.3, 0.4) is 0 Å². The Morgan fingerprint density at radius 1 is 1.31 bits per heavy atom. The fourth-order valence-corrected chi connectivity index (χ4v) is 3.22. The fourth-order valence-electron chi connectivity index (χ4n) is 2.17. The van der Waals surface area contributed by atoms with Gasteiger partial charge < -0.3 is 4.74 Å². The lowest BCUT2D eigenvalue weighted by molar-refractivity contribution is -0.384. The molecule has 0 aliphatic heterocycles. The Balaban J connectivity index is 1.71. The van der Waals surface area contributed by atoms with E-state index in [0.29, 0.717) is 10.9 Å². The van der Waals surface area contributed by atoms with Crippen molar-refractivity contribution in [3.8, 4) is 17.0 Å². The Hall–Kier alpha value is -2.78. The minimum atomic E-state index is -0.428. The number of aromatic nitrogens is 1. The number of nitrogens with zero attached hydrogens (tertiary/aromatic N) is 3. The van der Waals surface area contributed by atoms with Crippen molar-refractivity contribution in [1.82, 2.24) is 4.98 Å². The van der Waals surface area contributed by atoms with Gasteiger partial charge in [0.05, 0.1) is 23.9 Å². The summed E-state index contributed by atoms with van der Waals surface area (Å²) in [5.74, 6) is 0.712. The van der Waals surface area contributed by atoms with E-state index < -0.39 is 4.92 Å². The average Bonchev–Trinajstić information content (AvgIpc) is 3.11. The smallest absolute Gasteiger partial charge is 0.269 e. The molecule has 0 aliphatic carbocycles. The monoisotopic (exact) mass is 432 g/mol. The van der Waals surface area contributed by atoms with Crippen LogP contribution < -0.4 is 10.2 Å². The third-order valence-electron chi connectivity index (χ3n) is 3.43. The van der Waals surface area contributed by atoms with E-state index in [0.717, 1.165) is 21.3 Å². The van der Waals surface area contributed by atoms with Gasteiger partial charge in [-0.1, -0.05) is 15.9 Å². The maximum absolute atomic E-state index is 10.7. The van der Waals surface area contributed by atoms with Crippen molar-refractivity contribution in [2.45, 2.75) is 0 Å². The Morgan fingerprint density at radius 2 is 2.08 bits per heavy atom. The van der Waals surface area contributed by atoms with Crippen molar-refractivity contribution in [2.24, 2.45) is 5.10 Å².